The molecule has 1 saturated carbocycles. The number of piperidine rings is 1. The summed E-state index contributed by atoms with van der Waals surface area (Å²) < 4.78 is 5.48. The fourth-order valence-corrected chi connectivity index (χ4v) is 3.37. The molecular weight excluding hydrogens is 226 g/mol. The molecule has 1 aromatic heterocycles. The summed E-state index contributed by atoms with van der Waals surface area (Å²) in [5, 5.41) is 7.61. The van der Waals surface area contributed by atoms with E-state index >= 15 is 0 Å². The molecule has 3 rings (SSSR count). The highest BCUT2D eigenvalue weighted by Gasteiger charge is 2.30. The minimum Gasteiger partial charge on any atom is -0.339 e. The van der Waals surface area contributed by atoms with Gasteiger partial charge in [-0.1, -0.05) is 18.5 Å². The molecule has 4 nitrogen and oxygen atoms in total. The SMILES string of the molecule is CC1CCCC1c1nc(CC2CCCNC2)no1. The lowest BCUT2D eigenvalue weighted by atomic mass is 9.96. The molecule has 0 aromatic carbocycles. The Morgan fingerprint density at radius 3 is 2.94 bits per heavy atom. The van der Waals surface area contributed by atoms with Crippen LogP contribution in [0.2, 0.25) is 0 Å². The Morgan fingerprint density at radius 1 is 1.28 bits per heavy atom. The molecule has 4 heteroatoms. The Hall–Kier alpha value is -0.900. The second kappa shape index (κ2) is 5.39. The molecule has 1 aromatic rings. The molecule has 18 heavy (non-hydrogen) atoms. The molecule has 100 valence electrons. The van der Waals surface area contributed by atoms with Crippen LogP contribution in [0.3, 0.4) is 0 Å². The average molecular weight is 249 g/mol. The number of hydrogen-bond donors (Lipinski definition) is 1. The van der Waals surface area contributed by atoms with Crippen LogP contribution in [-0.2, 0) is 6.42 Å². The first-order valence-corrected chi connectivity index (χ1v) is 7.36. The summed E-state index contributed by atoms with van der Waals surface area (Å²) in [6.07, 6.45) is 7.35. The van der Waals surface area contributed by atoms with Gasteiger partial charge in [-0.2, -0.15) is 4.98 Å². The van der Waals surface area contributed by atoms with Gasteiger partial charge in [-0.05, 0) is 50.6 Å². The minimum atomic E-state index is 0.510. The third-order valence-corrected chi connectivity index (χ3v) is 4.53. The molecule has 2 fully saturated rings. The second-order valence-electron chi connectivity index (χ2n) is 5.98. The second-order valence-corrected chi connectivity index (χ2v) is 5.98. The van der Waals surface area contributed by atoms with Crippen molar-refractivity contribution in [2.24, 2.45) is 11.8 Å². The van der Waals surface area contributed by atoms with E-state index in [1.165, 1.54) is 32.1 Å². The fraction of sp³-hybridized carbons (Fsp3) is 0.857. The van der Waals surface area contributed by atoms with Crippen molar-refractivity contribution >= 4 is 0 Å². The van der Waals surface area contributed by atoms with E-state index in [1.54, 1.807) is 0 Å². The van der Waals surface area contributed by atoms with Crippen LogP contribution in [0.1, 0.15) is 56.7 Å². The average Bonchev–Trinajstić information content (AvgIpc) is 2.99. The predicted octanol–water partition coefficient (Wildman–Crippen LogP) is 2.52. The van der Waals surface area contributed by atoms with E-state index < -0.39 is 0 Å². The molecule has 0 radical (unpaired) electrons. The van der Waals surface area contributed by atoms with Gasteiger partial charge in [0.25, 0.3) is 0 Å². The van der Waals surface area contributed by atoms with Crippen molar-refractivity contribution in [3.05, 3.63) is 11.7 Å². The monoisotopic (exact) mass is 249 g/mol. The van der Waals surface area contributed by atoms with Gasteiger partial charge >= 0.3 is 0 Å². The maximum absolute atomic E-state index is 5.48. The van der Waals surface area contributed by atoms with Crippen molar-refractivity contribution in [2.75, 3.05) is 13.1 Å². The van der Waals surface area contributed by atoms with Crippen LogP contribution in [-0.4, -0.2) is 23.2 Å². The fourth-order valence-electron chi connectivity index (χ4n) is 3.37. The van der Waals surface area contributed by atoms with Gasteiger partial charge in [0.2, 0.25) is 5.89 Å². The van der Waals surface area contributed by atoms with Crippen LogP contribution in [0.25, 0.3) is 0 Å². The molecule has 2 aliphatic rings. The van der Waals surface area contributed by atoms with Crippen molar-refractivity contribution in [3.8, 4) is 0 Å². The summed E-state index contributed by atoms with van der Waals surface area (Å²) in [4.78, 5) is 4.63. The first-order valence-electron chi connectivity index (χ1n) is 7.36. The van der Waals surface area contributed by atoms with Crippen molar-refractivity contribution in [1.29, 1.82) is 0 Å². The molecule has 3 atom stereocenters. The lowest BCUT2D eigenvalue weighted by molar-refractivity contribution is 0.322. The van der Waals surface area contributed by atoms with Crippen molar-refractivity contribution < 1.29 is 4.52 Å². The van der Waals surface area contributed by atoms with Crippen LogP contribution in [0.5, 0.6) is 0 Å². The largest absolute Gasteiger partial charge is 0.339 e. The quantitative estimate of drug-likeness (QED) is 0.894. The topological polar surface area (TPSA) is 51.0 Å². The van der Waals surface area contributed by atoms with Gasteiger partial charge in [-0.15, -0.1) is 0 Å². The third-order valence-electron chi connectivity index (χ3n) is 4.53. The Bertz CT molecular complexity index is 384. The molecule has 0 amide bonds. The van der Waals surface area contributed by atoms with E-state index in [2.05, 4.69) is 22.4 Å². The van der Waals surface area contributed by atoms with Gasteiger partial charge < -0.3 is 9.84 Å². The third kappa shape index (κ3) is 2.58. The number of aromatic nitrogens is 2. The summed E-state index contributed by atoms with van der Waals surface area (Å²) in [6, 6.07) is 0. The van der Waals surface area contributed by atoms with Crippen molar-refractivity contribution in [3.63, 3.8) is 0 Å². The summed E-state index contributed by atoms with van der Waals surface area (Å²) in [5.41, 5.74) is 0. The lowest BCUT2D eigenvalue weighted by Crippen LogP contribution is -2.31. The Labute approximate surface area is 109 Å². The molecule has 0 bridgehead atoms. The van der Waals surface area contributed by atoms with Gasteiger partial charge in [0.15, 0.2) is 5.82 Å². The molecular formula is C14H23N3O. The highest BCUT2D eigenvalue weighted by atomic mass is 16.5. The Morgan fingerprint density at radius 2 is 2.22 bits per heavy atom. The summed E-state index contributed by atoms with van der Waals surface area (Å²) >= 11 is 0. The smallest absolute Gasteiger partial charge is 0.230 e. The van der Waals surface area contributed by atoms with E-state index in [1.807, 2.05) is 0 Å². The zero-order valence-corrected chi connectivity index (χ0v) is 11.2. The number of rotatable bonds is 3. The molecule has 0 spiro atoms. The van der Waals surface area contributed by atoms with E-state index in [9.17, 15) is 0 Å². The number of hydrogen-bond acceptors (Lipinski definition) is 4. The van der Waals surface area contributed by atoms with Crippen molar-refractivity contribution in [2.45, 2.75) is 51.4 Å². The zero-order chi connectivity index (χ0) is 12.4. The molecule has 1 aliphatic heterocycles. The first-order chi connectivity index (χ1) is 8.83. The summed E-state index contributed by atoms with van der Waals surface area (Å²) in [5.74, 6) is 3.70. The molecule has 2 heterocycles. The van der Waals surface area contributed by atoms with Crippen LogP contribution in [0.15, 0.2) is 4.52 Å². The van der Waals surface area contributed by atoms with E-state index in [0.717, 1.165) is 31.2 Å². The standard InChI is InChI=1S/C14H23N3O/c1-10-4-2-6-12(10)14-16-13(17-18-14)8-11-5-3-7-15-9-11/h10-12,15H,2-9H2,1H3. The number of nitrogens with zero attached hydrogens (tertiary/aromatic N) is 2. The highest BCUT2D eigenvalue weighted by Crippen LogP contribution is 2.38. The minimum absolute atomic E-state index is 0.510. The molecule has 1 N–H and O–H groups in total. The van der Waals surface area contributed by atoms with Crippen LogP contribution in [0.4, 0.5) is 0 Å². The first kappa shape index (κ1) is 12.2. The maximum atomic E-state index is 5.48. The molecule has 1 saturated heterocycles. The Balaban J connectivity index is 1.62. The maximum Gasteiger partial charge on any atom is 0.230 e. The van der Waals surface area contributed by atoms with Gasteiger partial charge in [0, 0.05) is 12.3 Å². The summed E-state index contributed by atoms with van der Waals surface area (Å²) in [6.45, 7) is 4.56. The van der Waals surface area contributed by atoms with Crippen molar-refractivity contribution in [1.82, 2.24) is 15.5 Å². The lowest BCUT2D eigenvalue weighted by Gasteiger charge is -2.21. The van der Waals surface area contributed by atoms with E-state index in [4.69, 9.17) is 4.52 Å². The molecule has 1 aliphatic carbocycles. The van der Waals surface area contributed by atoms with Gasteiger partial charge in [0.1, 0.15) is 0 Å². The summed E-state index contributed by atoms with van der Waals surface area (Å²) in [7, 11) is 0. The molecule has 3 unspecified atom stereocenters. The predicted molar refractivity (Wildman–Crippen MR) is 69.4 cm³/mol. The van der Waals surface area contributed by atoms with Gasteiger partial charge in [0.05, 0.1) is 0 Å². The van der Waals surface area contributed by atoms with Crippen LogP contribution in [0, 0.1) is 11.8 Å². The number of nitrogens with one attached hydrogen (secondary N) is 1. The van der Waals surface area contributed by atoms with Crippen LogP contribution >= 0.6 is 0 Å². The normalized spacial score (nSPS) is 32.8. The van der Waals surface area contributed by atoms with Gasteiger partial charge in [-0.25, -0.2) is 0 Å². The van der Waals surface area contributed by atoms with Crippen LogP contribution < -0.4 is 5.32 Å². The van der Waals surface area contributed by atoms with E-state index in [0.29, 0.717) is 17.8 Å². The Kier molecular flexibility index (Phi) is 3.64. The zero-order valence-electron chi connectivity index (χ0n) is 11.2. The highest BCUT2D eigenvalue weighted by molar-refractivity contribution is 4.99. The van der Waals surface area contributed by atoms with E-state index in [-0.39, 0.29) is 0 Å². The van der Waals surface area contributed by atoms with Gasteiger partial charge in [-0.3, -0.25) is 0 Å².